The van der Waals surface area contributed by atoms with Gasteiger partial charge in [0.2, 0.25) is 0 Å². The third kappa shape index (κ3) is 5.50. The summed E-state index contributed by atoms with van der Waals surface area (Å²) < 4.78 is 11.1. The van der Waals surface area contributed by atoms with Crippen LogP contribution in [0.5, 0.6) is 0 Å². The second-order valence-electron chi connectivity index (χ2n) is 5.58. The third-order valence-corrected chi connectivity index (χ3v) is 2.75. The number of hydrogen-bond donors (Lipinski definition) is 1. The Morgan fingerprint density at radius 3 is 2.27 bits per heavy atom. The fourth-order valence-electron chi connectivity index (χ4n) is 1.91. The van der Waals surface area contributed by atoms with Gasteiger partial charge in [0, 0.05) is 5.54 Å². The van der Waals surface area contributed by atoms with Crippen molar-refractivity contribution >= 4 is 0 Å². The maximum absolute atomic E-state index is 6.16. The van der Waals surface area contributed by atoms with E-state index >= 15 is 0 Å². The highest BCUT2D eigenvalue weighted by atomic mass is 16.5. The van der Waals surface area contributed by atoms with Crippen molar-refractivity contribution in [3.63, 3.8) is 0 Å². The summed E-state index contributed by atoms with van der Waals surface area (Å²) in [6, 6.07) is 0. The van der Waals surface area contributed by atoms with E-state index in [9.17, 15) is 0 Å². The minimum Gasteiger partial charge on any atom is -0.377 e. The molecule has 0 heterocycles. The van der Waals surface area contributed by atoms with Gasteiger partial charge in [-0.15, -0.1) is 0 Å². The summed E-state index contributed by atoms with van der Waals surface area (Å²) in [5.74, 6) is 0. The van der Waals surface area contributed by atoms with Crippen LogP contribution in [0.3, 0.4) is 0 Å². The second kappa shape index (κ2) is 5.28. The van der Waals surface area contributed by atoms with E-state index in [0.717, 1.165) is 12.8 Å². The van der Waals surface area contributed by atoms with Crippen molar-refractivity contribution in [1.82, 2.24) is 0 Å². The molecule has 0 aromatic heterocycles. The predicted octanol–water partition coefficient (Wildman–Crippen LogP) is 2.09. The fourth-order valence-corrected chi connectivity index (χ4v) is 1.91. The normalized spacial score (nSPS) is 20.8. The lowest BCUT2D eigenvalue weighted by molar-refractivity contribution is -0.0408. The zero-order chi connectivity index (χ0) is 11.4. The Labute approximate surface area is 93.3 Å². The Hall–Kier alpha value is -0.120. The maximum Gasteiger partial charge on any atom is 0.0707 e. The van der Waals surface area contributed by atoms with Crippen LogP contribution in [0.2, 0.25) is 0 Å². The highest BCUT2D eigenvalue weighted by Gasteiger charge is 2.29. The lowest BCUT2D eigenvalue weighted by Gasteiger charge is -2.24. The van der Waals surface area contributed by atoms with E-state index in [1.807, 2.05) is 20.8 Å². The van der Waals surface area contributed by atoms with Crippen LogP contribution in [0, 0.1) is 0 Å². The number of rotatable bonds is 5. The van der Waals surface area contributed by atoms with Gasteiger partial charge in [-0.2, -0.15) is 0 Å². The highest BCUT2D eigenvalue weighted by molar-refractivity contribution is 4.88. The molecule has 1 aliphatic carbocycles. The molecule has 0 spiro atoms. The van der Waals surface area contributed by atoms with Crippen LogP contribution >= 0.6 is 0 Å². The van der Waals surface area contributed by atoms with Crippen LogP contribution in [0.1, 0.15) is 46.5 Å². The smallest absolute Gasteiger partial charge is 0.0707 e. The Kier molecular flexibility index (Phi) is 4.56. The molecule has 0 aromatic carbocycles. The lowest BCUT2D eigenvalue weighted by Crippen LogP contribution is -2.41. The van der Waals surface area contributed by atoms with Crippen molar-refractivity contribution in [2.45, 2.75) is 57.6 Å². The average molecular weight is 215 g/mol. The zero-order valence-corrected chi connectivity index (χ0v) is 10.3. The van der Waals surface area contributed by atoms with Gasteiger partial charge in [0.25, 0.3) is 0 Å². The summed E-state index contributed by atoms with van der Waals surface area (Å²) in [6.45, 7) is 8.13. The first-order valence-electron chi connectivity index (χ1n) is 5.92. The van der Waals surface area contributed by atoms with Crippen molar-refractivity contribution in [1.29, 1.82) is 0 Å². The third-order valence-electron chi connectivity index (χ3n) is 2.75. The van der Waals surface area contributed by atoms with Gasteiger partial charge in [-0.3, -0.25) is 0 Å². The summed E-state index contributed by atoms with van der Waals surface area (Å²) in [5.41, 5.74) is 6.04. The number of ether oxygens (including phenoxy) is 2. The molecule has 1 fully saturated rings. The molecule has 0 radical (unpaired) electrons. The van der Waals surface area contributed by atoms with Gasteiger partial charge >= 0.3 is 0 Å². The summed E-state index contributed by atoms with van der Waals surface area (Å²) in [6.07, 6.45) is 4.71. The molecule has 0 bridgehead atoms. The molecule has 0 aliphatic heterocycles. The molecule has 1 aliphatic rings. The molecule has 0 aromatic rings. The van der Waals surface area contributed by atoms with Crippen molar-refractivity contribution in [3.05, 3.63) is 0 Å². The van der Waals surface area contributed by atoms with Gasteiger partial charge < -0.3 is 15.2 Å². The monoisotopic (exact) mass is 215 g/mol. The lowest BCUT2D eigenvalue weighted by atomic mass is 10.0. The molecule has 0 saturated heterocycles. The van der Waals surface area contributed by atoms with Crippen LogP contribution < -0.4 is 5.73 Å². The van der Waals surface area contributed by atoms with E-state index in [2.05, 4.69) is 0 Å². The van der Waals surface area contributed by atoms with Crippen molar-refractivity contribution in [2.75, 3.05) is 19.8 Å². The van der Waals surface area contributed by atoms with Crippen molar-refractivity contribution in [2.24, 2.45) is 5.73 Å². The van der Waals surface area contributed by atoms with Crippen LogP contribution in [-0.2, 0) is 9.47 Å². The molecule has 0 atom stereocenters. The van der Waals surface area contributed by atoms with Crippen LogP contribution in [0.4, 0.5) is 0 Å². The Morgan fingerprint density at radius 2 is 1.73 bits per heavy atom. The molecule has 1 rings (SSSR count). The van der Waals surface area contributed by atoms with E-state index in [-0.39, 0.29) is 11.1 Å². The maximum atomic E-state index is 6.16. The molecule has 90 valence electrons. The molecule has 3 nitrogen and oxygen atoms in total. The van der Waals surface area contributed by atoms with Gasteiger partial charge in [0.05, 0.1) is 25.4 Å². The fraction of sp³-hybridized carbons (Fsp3) is 1.00. The largest absolute Gasteiger partial charge is 0.377 e. The van der Waals surface area contributed by atoms with E-state index in [1.165, 1.54) is 12.8 Å². The van der Waals surface area contributed by atoms with E-state index in [4.69, 9.17) is 15.2 Å². The van der Waals surface area contributed by atoms with Crippen LogP contribution in [-0.4, -0.2) is 31.0 Å². The first kappa shape index (κ1) is 12.9. The molecule has 0 unspecified atom stereocenters. The van der Waals surface area contributed by atoms with Gasteiger partial charge in [-0.05, 0) is 33.6 Å². The molecule has 15 heavy (non-hydrogen) atoms. The summed E-state index contributed by atoms with van der Waals surface area (Å²) in [4.78, 5) is 0. The van der Waals surface area contributed by atoms with Crippen molar-refractivity contribution < 1.29 is 9.47 Å². The van der Waals surface area contributed by atoms with E-state index < -0.39 is 0 Å². The quantitative estimate of drug-likeness (QED) is 0.714. The molecular formula is C12H25NO2. The summed E-state index contributed by atoms with van der Waals surface area (Å²) in [5, 5.41) is 0. The molecular weight excluding hydrogens is 190 g/mol. The molecule has 1 saturated carbocycles. The van der Waals surface area contributed by atoms with Crippen molar-refractivity contribution in [3.8, 4) is 0 Å². The predicted molar refractivity (Wildman–Crippen MR) is 61.9 cm³/mol. The van der Waals surface area contributed by atoms with Gasteiger partial charge in [-0.25, -0.2) is 0 Å². The number of hydrogen-bond acceptors (Lipinski definition) is 3. The Balaban J connectivity index is 2.02. The van der Waals surface area contributed by atoms with E-state index in [1.54, 1.807) is 0 Å². The first-order valence-corrected chi connectivity index (χ1v) is 5.92. The van der Waals surface area contributed by atoms with Crippen LogP contribution in [0.25, 0.3) is 0 Å². The SMILES string of the molecule is CC(C)(C)OCCOCC1(N)CCCC1. The molecule has 3 heteroatoms. The average Bonchev–Trinajstić information content (AvgIpc) is 2.50. The molecule has 0 amide bonds. The zero-order valence-electron chi connectivity index (χ0n) is 10.3. The summed E-state index contributed by atoms with van der Waals surface area (Å²) in [7, 11) is 0. The van der Waals surface area contributed by atoms with Gasteiger partial charge in [0.15, 0.2) is 0 Å². The Bertz CT molecular complexity index is 181. The van der Waals surface area contributed by atoms with Gasteiger partial charge in [-0.1, -0.05) is 12.8 Å². The minimum atomic E-state index is -0.0723. The molecule has 2 N–H and O–H groups in total. The second-order valence-corrected chi connectivity index (χ2v) is 5.58. The minimum absolute atomic E-state index is 0.0538. The highest BCUT2D eigenvalue weighted by Crippen LogP contribution is 2.27. The number of nitrogens with two attached hydrogens (primary N) is 1. The standard InChI is InChI=1S/C12H25NO2/c1-11(2,3)15-9-8-14-10-12(13)6-4-5-7-12/h4-10,13H2,1-3H3. The Morgan fingerprint density at radius 1 is 1.13 bits per heavy atom. The van der Waals surface area contributed by atoms with Crippen LogP contribution in [0.15, 0.2) is 0 Å². The topological polar surface area (TPSA) is 44.5 Å². The van der Waals surface area contributed by atoms with E-state index in [0.29, 0.717) is 19.8 Å². The first-order chi connectivity index (χ1) is 6.91. The van der Waals surface area contributed by atoms with Gasteiger partial charge in [0.1, 0.15) is 0 Å². The summed E-state index contributed by atoms with van der Waals surface area (Å²) >= 11 is 0.